The van der Waals surface area contributed by atoms with Gasteiger partial charge in [-0.05, 0) is 30.7 Å². The summed E-state index contributed by atoms with van der Waals surface area (Å²) in [6, 6.07) is 7.21. The Bertz CT molecular complexity index is 785. The average molecular weight is 355 g/mol. The third-order valence-corrected chi connectivity index (χ3v) is 4.91. The normalized spacial score (nSPS) is 24.8. The van der Waals surface area contributed by atoms with Gasteiger partial charge in [-0.2, -0.15) is 0 Å². The molecule has 0 aliphatic carbocycles. The molecule has 0 bridgehead atoms. The van der Waals surface area contributed by atoms with E-state index in [1.807, 2.05) is 17.0 Å². The molecule has 2 saturated heterocycles. The summed E-state index contributed by atoms with van der Waals surface area (Å²) in [6.07, 6.45) is 6.56. The number of likely N-dealkylation sites (tertiary alicyclic amines) is 1. The number of aromatic nitrogens is 2. The molecule has 7 nitrogen and oxygen atoms in total. The third kappa shape index (κ3) is 3.22. The predicted octanol–water partition coefficient (Wildman–Crippen LogP) is 1.94. The number of methoxy groups -OCH3 is 1. The first-order valence-corrected chi connectivity index (χ1v) is 8.68. The fraction of sp³-hybridized carbons (Fsp3) is 0.421. The molecule has 2 aliphatic heterocycles. The minimum atomic E-state index is -0.335. The number of hydrogen-bond donors (Lipinski definition) is 0. The highest BCUT2D eigenvalue weighted by atomic mass is 16.6. The van der Waals surface area contributed by atoms with Crippen LogP contribution in [0.4, 0.5) is 0 Å². The zero-order valence-corrected chi connectivity index (χ0v) is 14.6. The van der Waals surface area contributed by atoms with E-state index in [4.69, 9.17) is 14.2 Å². The SMILES string of the molecule is COc1ncccc1C(=O)N1CC[C@]2(C[C@H](Oc3cccnc3)CO2)C1. The second-order valence-corrected chi connectivity index (χ2v) is 6.66. The second-order valence-electron chi connectivity index (χ2n) is 6.66. The molecule has 26 heavy (non-hydrogen) atoms. The summed E-state index contributed by atoms with van der Waals surface area (Å²) in [5.41, 5.74) is 0.144. The number of amides is 1. The summed E-state index contributed by atoms with van der Waals surface area (Å²) in [5.74, 6) is 1.01. The molecule has 4 heterocycles. The molecule has 1 spiro atoms. The molecule has 2 aromatic heterocycles. The van der Waals surface area contributed by atoms with Crippen LogP contribution in [0.2, 0.25) is 0 Å². The Morgan fingerprint density at radius 2 is 2.23 bits per heavy atom. The maximum Gasteiger partial charge on any atom is 0.259 e. The largest absolute Gasteiger partial charge is 0.486 e. The summed E-state index contributed by atoms with van der Waals surface area (Å²) in [4.78, 5) is 22.8. The zero-order valence-electron chi connectivity index (χ0n) is 14.6. The Hall–Kier alpha value is -2.67. The van der Waals surface area contributed by atoms with Crippen molar-refractivity contribution in [2.24, 2.45) is 0 Å². The first-order chi connectivity index (χ1) is 12.7. The standard InChI is InChI=1S/C19H21N3O4/c1-24-17-16(5-3-8-21-17)18(23)22-9-6-19(13-22)10-15(12-25-19)26-14-4-2-7-20-11-14/h2-5,7-8,11,15H,6,9-10,12-13H2,1H3/t15-,19-/m0/s1. The van der Waals surface area contributed by atoms with Crippen molar-refractivity contribution in [2.75, 3.05) is 26.8 Å². The van der Waals surface area contributed by atoms with Gasteiger partial charge in [0.1, 0.15) is 17.4 Å². The van der Waals surface area contributed by atoms with Gasteiger partial charge in [-0.1, -0.05) is 0 Å². The molecule has 0 aromatic carbocycles. The highest BCUT2D eigenvalue weighted by molar-refractivity contribution is 5.96. The van der Waals surface area contributed by atoms with E-state index in [0.717, 1.165) is 18.6 Å². The summed E-state index contributed by atoms with van der Waals surface area (Å²) in [5, 5.41) is 0. The van der Waals surface area contributed by atoms with Crippen LogP contribution < -0.4 is 9.47 Å². The first-order valence-electron chi connectivity index (χ1n) is 8.68. The van der Waals surface area contributed by atoms with Crippen LogP contribution in [-0.2, 0) is 4.74 Å². The van der Waals surface area contributed by atoms with Gasteiger partial charge >= 0.3 is 0 Å². The fourth-order valence-corrected chi connectivity index (χ4v) is 3.68. The van der Waals surface area contributed by atoms with Gasteiger partial charge in [-0.3, -0.25) is 9.78 Å². The van der Waals surface area contributed by atoms with E-state index in [9.17, 15) is 4.79 Å². The molecular formula is C19H21N3O4. The van der Waals surface area contributed by atoms with E-state index in [-0.39, 0.29) is 17.6 Å². The maximum atomic E-state index is 12.9. The van der Waals surface area contributed by atoms with Gasteiger partial charge in [0, 0.05) is 25.4 Å². The van der Waals surface area contributed by atoms with Crippen LogP contribution in [0.25, 0.3) is 0 Å². The highest BCUT2D eigenvalue weighted by Crippen LogP contribution is 2.37. The van der Waals surface area contributed by atoms with Crippen molar-refractivity contribution >= 4 is 5.91 Å². The quantitative estimate of drug-likeness (QED) is 0.834. The van der Waals surface area contributed by atoms with Gasteiger partial charge in [0.15, 0.2) is 0 Å². The lowest BCUT2D eigenvalue weighted by molar-refractivity contribution is 0.00991. The van der Waals surface area contributed by atoms with E-state index in [1.54, 1.807) is 30.7 Å². The van der Waals surface area contributed by atoms with E-state index >= 15 is 0 Å². The minimum Gasteiger partial charge on any atom is -0.486 e. The molecule has 7 heteroatoms. The summed E-state index contributed by atoms with van der Waals surface area (Å²) in [7, 11) is 1.52. The average Bonchev–Trinajstić information content (AvgIpc) is 3.28. The van der Waals surface area contributed by atoms with Crippen LogP contribution in [0.3, 0.4) is 0 Å². The number of carbonyl (C=O) groups is 1. The van der Waals surface area contributed by atoms with E-state index in [1.165, 1.54) is 7.11 Å². The van der Waals surface area contributed by atoms with Crippen molar-refractivity contribution in [3.63, 3.8) is 0 Å². The number of hydrogen-bond acceptors (Lipinski definition) is 6. The summed E-state index contributed by atoms with van der Waals surface area (Å²) < 4.78 is 17.2. The Balaban J connectivity index is 1.41. The summed E-state index contributed by atoms with van der Waals surface area (Å²) in [6.45, 7) is 1.72. The Kier molecular flexibility index (Phi) is 4.46. The maximum absolute atomic E-state index is 12.9. The number of carbonyl (C=O) groups excluding carboxylic acids is 1. The molecule has 2 fully saturated rings. The molecule has 0 radical (unpaired) electrons. The fourth-order valence-electron chi connectivity index (χ4n) is 3.68. The molecule has 4 rings (SSSR count). The van der Waals surface area contributed by atoms with Gasteiger partial charge in [0.2, 0.25) is 5.88 Å². The van der Waals surface area contributed by atoms with Gasteiger partial charge in [-0.15, -0.1) is 0 Å². The Labute approximate surface area is 151 Å². The number of nitrogens with zero attached hydrogens (tertiary/aromatic N) is 3. The molecule has 2 aromatic rings. The number of rotatable bonds is 4. The van der Waals surface area contributed by atoms with Crippen molar-refractivity contribution in [1.29, 1.82) is 0 Å². The molecule has 0 saturated carbocycles. The van der Waals surface area contributed by atoms with Gasteiger partial charge < -0.3 is 19.1 Å². The van der Waals surface area contributed by atoms with Crippen molar-refractivity contribution in [1.82, 2.24) is 14.9 Å². The van der Waals surface area contributed by atoms with Crippen molar-refractivity contribution in [3.05, 3.63) is 48.4 Å². The van der Waals surface area contributed by atoms with Crippen LogP contribution in [-0.4, -0.2) is 59.3 Å². The van der Waals surface area contributed by atoms with Gasteiger partial charge in [0.25, 0.3) is 5.91 Å². The number of ether oxygens (including phenoxy) is 3. The van der Waals surface area contributed by atoms with Crippen LogP contribution in [0.1, 0.15) is 23.2 Å². The Morgan fingerprint density at radius 1 is 1.35 bits per heavy atom. The number of pyridine rings is 2. The van der Waals surface area contributed by atoms with Crippen LogP contribution in [0.5, 0.6) is 11.6 Å². The molecule has 2 atom stereocenters. The highest BCUT2D eigenvalue weighted by Gasteiger charge is 2.48. The van der Waals surface area contributed by atoms with E-state index < -0.39 is 0 Å². The summed E-state index contributed by atoms with van der Waals surface area (Å²) >= 11 is 0. The van der Waals surface area contributed by atoms with Gasteiger partial charge in [0.05, 0.1) is 32.1 Å². The smallest absolute Gasteiger partial charge is 0.259 e. The van der Waals surface area contributed by atoms with Crippen molar-refractivity contribution in [2.45, 2.75) is 24.5 Å². The molecule has 0 unspecified atom stereocenters. The molecule has 2 aliphatic rings. The second kappa shape index (κ2) is 6.92. The molecular weight excluding hydrogens is 334 g/mol. The lowest BCUT2D eigenvalue weighted by Crippen LogP contribution is -2.36. The molecule has 0 N–H and O–H groups in total. The van der Waals surface area contributed by atoms with Crippen LogP contribution in [0.15, 0.2) is 42.9 Å². The monoisotopic (exact) mass is 355 g/mol. The lowest BCUT2D eigenvalue weighted by atomic mass is 9.98. The predicted molar refractivity (Wildman–Crippen MR) is 93.3 cm³/mol. The van der Waals surface area contributed by atoms with Crippen LogP contribution in [0, 0.1) is 0 Å². The lowest BCUT2D eigenvalue weighted by Gasteiger charge is -2.23. The van der Waals surface area contributed by atoms with Crippen LogP contribution >= 0.6 is 0 Å². The molecule has 1 amide bonds. The Morgan fingerprint density at radius 3 is 3.04 bits per heavy atom. The van der Waals surface area contributed by atoms with Crippen molar-refractivity contribution < 1.29 is 19.0 Å². The zero-order chi connectivity index (χ0) is 18.0. The third-order valence-electron chi connectivity index (χ3n) is 4.91. The first kappa shape index (κ1) is 16.8. The van der Waals surface area contributed by atoms with Gasteiger partial charge in [-0.25, -0.2) is 4.98 Å². The van der Waals surface area contributed by atoms with Crippen molar-refractivity contribution in [3.8, 4) is 11.6 Å². The van der Waals surface area contributed by atoms with E-state index in [0.29, 0.717) is 31.1 Å². The topological polar surface area (TPSA) is 73.8 Å². The van der Waals surface area contributed by atoms with E-state index in [2.05, 4.69) is 9.97 Å². The minimum absolute atomic E-state index is 0.0258. The molecule has 136 valence electrons.